The Labute approximate surface area is 158 Å². The van der Waals surface area contributed by atoms with Crippen LogP contribution in [0, 0.1) is 13.8 Å². The molecule has 4 rings (SSSR count). The average Bonchev–Trinajstić information content (AvgIpc) is 3.23. The van der Waals surface area contributed by atoms with E-state index in [4.69, 9.17) is 5.10 Å². The molecule has 1 aliphatic heterocycles. The lowest BCUT2D eigenvalue weighted by molar-refractivity contribution is 0.0613. The SMILES string of the molecule is CC[C@@H]1CCCCN1C(=O)c1cc2c(C)nn(-c3ccc(C)cc3)c2s1. The first-order chi connectivity index (χ1) is 12.6. The van der Waals surface area contributed by atoms with Crippen LogP contribution in [0.2, 0.25) is 0 Å². The van der Waals surface area contributed by atoms with Crippen LogP contribution in [0.25, 0.3) is 15.9 Å². The summed E-state index contributed by atoms with van der Waals surface area (Å²) in [6.07, 6.45) is 4.51. The van der Waals surface area contributed by atoms with Gasteiger partial charge >= 0.3 is 0 Å². The maximum atomic E-state index is 13.1. The maximum Gasteiger partial charge on any atom is 0.264 e. The molecule has 1 aromatic carbocycles. The number of hydrogen-bond acceptors (Lipinski definition) is 3. The second-order valence-electron chi connectivity index (χ2n) is 7.22. The van der Waals surface area contributed by atoms with Crippen LogP contribution < -0.4 is 0 Å². The number of carbonyl (C=O) groups is 1. The predicted octanol–water partition coefficient (Wildman–Crippen LogP) is 5.11. The van der Waals surface area contributed by atoms with E-state index in [0.717, 1.165) is 52.3 Å². The molecule has 3 heterocycles. The average molecular weight is 368 g/mol. The summed E-state index contributed by atoms with van der Waals surface area (Å²) in [6.45, 7) is 7.16. The Morgan fingerprint density at radius 1 is 1.23 bits per heavy atom. The Bertz CT molecular complexity index is 938. The second kappa shape index (κ2) is 6.88. The number of nitrogens with zero attached hydrogens (tertiary/aromatic N) is 3. The lowest BCUT2D eigenvalue weighted by atomic mass is 10.00. The van der Waals surface area contributed by atoms with Gasteiger partial charge in [-0.2, -0.15) is 5.10 Å². The van der Waals surface area contributed by atoms with Crippen molar-refractivity contribution in [3.05, 3.63) is 46.5 Å². The summed E-state index contributed by atoms with van der Waals surface area (Å²) in [5.41, 5.74) is 3.24. The van der Waals surface area contributed by atoms with Crippen molar-refractivity contribution in [2.45, 2.75) is 52.5 Å². The zero-order valence-corrected chi connectivity index (χ0v) is 16.5. The topological polar surface area (TPSA) is 38.1 Å². The number of thiophene rings is 1. The van der Waals surface area contributed by atoms with E-state index >= 15 is 0 Å². The first-order valence-electron chi connectivity index (χ1n) is 9.45. The molecule has 0 aliphatic carbocycles. The summed E-state index contributed by atoms with van der Waals surface area (Å²) >= 11 is 1.57. The molecular weight excluding hydrogens is 342 g/mol. The quantitative estimate of drug-likeness (QED) is 0.645. The Kier molecular flexibility index (Phi) is 4.57. The van der Waals surface area contributed by atoms with Crippen LogP contribution in [0.1, 0.15) is 53.5 Å². The standard InChI is InChI=1S/C21H25N3OS/c1-4-16-7-5-6-12-23(16)20(25)19-13-18-15(3)22-24(21(18)26-19)17-10-8-14(2)9-11-17/h8-11,13,16H,4-7,12H2,1-3H3/t16-/m1/s1. The van der Waals surface area contributed by atoms with Crippen LogP contribution in [0.5, 0.6) is 0 Å². The van der Waals surface area contributed by atoms with Crippen molar-refractivity contribution in [1.29, 1.82) is 0 Å². The first-order valence-corrected chi connectivity index (χ1v) is 10.3. The van der Waals surface area contributed by atoms with Crippen molar-refractivity contribution < 1.29 is 4.79 Å². The van der Waals surface area contributed by atoms with Gasteiger partial charge in [-0.3, -0.25) is 4.79 Å². The number of aromatic nitrogens is 2. The fourth-order valence-corrected chi connectivity index (χ4v) is 4.99. The number of carbonyl (C=O) groups excluding carboxylic acids is 1. The minimum Gasteiger partial charge on any atom is -0.335 e. The highest BCUT2D eigenvalue weighted by Crippen LogP contribution is 2.32. The number of piperidine rings is 1. The molecule has 0 spiro atoms. The molecule has 2 aromatic heterocycles. The van der Waals surface area contributed by atoms with Gasteiger partial charge in [-0.1, -0.05) is 24.6 Å². The molecule has 4 nitrogen and oxygen atoms in total. The van der Waals surface area contributed by atoms with Crippen LogP contribution in [0.4, 0.5) is 0 Å². The highest BCUT2D eigenvalue weighted by atomic mass is 32.1. The van der Waals surface area contributed by atoms with E-state index in [9.17, 15) is 4.79 Å². The van der Waals surface area contributed by atoms with Crippen molar-refractivity contribution in [3.8, 4) is 5.69 Å². The summed E-state index contributed by atoms with van der Waals surface area (Å²) in [5, 5.41) is 5.78. The van der Waals surface area contributed by atoms with Crippen molar-refractivity contribution >= 4 is 27.5 Å². The number of aryl methyl sites for hydroxylation is 2. The van der Waals surface area contributed by atoms with Gasteiger partial charge in [0.2, 0.25) is 0 Å². The van der Waals surface area contributed by atoms with Gasteiger partial charge in [0.05, 0.1) is 16.3 Å². The second-order valence-corrected chi connectivity index (χ2v) is 8.25. The van der Waals surface area contributed by atoms with Gasteiger partial charge in [-0.05, 0) is 57.7 Å². The van der Waals surface area contributed by atoms with E-state index in [-0.39, 0.29) is 5.91 Å². The van der Waals surface area contributed by atoms with Crippen LogP contribution >= 0.6 is 11.3 Å². The van der Waals surface area contributed by atoms with Gasteiger partial charge in [0.1, 0.15) is 4.83 Å². The number of rotatable bonds is 3. The van der Waals surface area contributed by atoms with Gasteiger partial charge in [0, 0.05) is 18.0 Å². The van der Waals surface area contributed by atoms with Crippen molar-refractivity contribution in [2.24, 2.45) is 0 Å². The Morgan fingerprint density at radius 3 is 2.73 bits per heavy atom. The molecule has 0 bridgehead atoms. The van der Waals surface area contributed by atoms with Crippen LogP contribution in [-0.4, -0.2) is 33.2 Å². The molecule has 0 saturated carbocycles. The van der Waals surface area contributed by atoms with E-state index in [0.29, 0.717) is 6.04 Å². The highest BCUT2D eigenvalue weighted by molar-refractivity contribution is 7.20. The molecule has 136 valence electrons. The van der Waals surface area contributed by atoms with Crippen LogP contribution in [0.3, 0.4) is 0 Å². The van der Waals surface area contributed by atoms with Gasteiger partial charge in [-0.25, -0.2) is 4.68 Å². The van der Waals surface area contributed by atoms with Crippen LogP contribution in [-0.2, 0) is 0 Å². The fourth-order valence-electron chi connectivity index (χ4n) is 3.85. The summed E-state index contributed by atoms with van der Waals surface area (Å²) in [7, 11) is 0. The molecule has 1 amide bonds. The zero-order valence-electron chi connectivity index (χ0n) is 15.7. The number of benzene rings is 1. The highest BCUT2D eigenvalue weighted by Gasteiger charge is 2.28. The summed E-state index contributed by atoms with van der Waals surface area (Å²) in [4.78, 5) is 17.1. The third-order valence-corrected chi connectivity index (χ3v) is 6.49. The molecule has 0 unspecified atom stereocenters. The van der Waals surface area contributed by atoms with E-state index in [1.165, 1.54) is 12.0 Å². The van der Waals surface area contributed by atoms with E-state index in [1.807, 2.05) is 17.7 Å². The minimum absolute atomic E-state index is 0.188. The molecule has 0 N–H and O–H groups in total. The zero-order chi connectivity index (χ0) is 18.3. The van der Waals surface area contributed by atoms with E-state index in [1.54, 1.807) is 11.3 Å². The van der Waals surface area contributed by atoms with Crippen LogP contribution in [0.15, 0.2) is 30.3 Å². The maximum absolute atomic E-state index is 13.1. The van der Waals surface area contributed by atoms with Crippen molar-refractivity contribution in [1.82, 2.24) is 14.7 Å². The summed E-state index contributed by atoms with van der Waals surface area (Å²) in [6, 6.07) is 10.8. The van der Waals surface area contributed by atoms with Crippen molar-refractivity contribution in [3.63, 3.8) is 0 Å². The smallest absolute Gasteiger partial charge is 0.264 e. The molecule has 26 heavy (non-hydrogen) atoms. The Balaban J connectivity index is 1.72. The number of likely N-dealkylation sites (tertiary alicyclic amines) is 1. The number of amides is 1. The van der Waals surface area contributed by atoms with E-state index < -0.39 is 0 Å². The van der Waals surface area contributed by atoms with Gasteiger partial charge in [0.15, 0.2) is 0 Å². The minimum atomic E-state index is 0.188. The Morgan fingerprint density at radius 2 is 2.00 bits per heavy atom. The fraction of sp³-hybridized carbons (Fsp3) is 0.429. The summed E-state index contributed by atoms with van der Waals surface area (Å²) in [5.74, 6) is 0.188. The lowest BCUT2D eigenvalue weighted by Crippen LogP contribution is -2.43. The van der Waals surface area contributed by atoms with Gasteiger partial charge in [-0.15, -0.1) is 11.3 Å². The molecule has 5 heteroatoms. The molecular formula is C21H25N3OS. The van der Waals surface area contributed by atoms with E-state index in [2.05, 4.69) is 43.0 Å². The number of fused-ring (bicyclic) bond motifs is 1. The molecule has 1 fully saturated rings. The molecule has 0 radical (unpaired) electrons. The van der Waals surface area contributed by atoms with Crippen molar-refractivity contribution in [2.75, 3.05) is 6.54 Å². The molecule has 3 aromatic rings. The predicted molar refractivity (Wildman–Crippen MR) is 107 cm³/mol. The summed E-state index contributed by atoms with van der Waals surface area (Å²) < 4.78 is 1.97. The first kappa shape index (κ1) is 17.3. The third kappa shape index (κ3) is 2.94. The lowest BCUT2D eigenvalue weighted by Gasteiger charge is -2.35. The monoisotopic (exact) mass is 367 g/mol. The van der Waals surface area contributed by atoms with Gasteiger partial charge in [0.25, 0.3) is 5.91 Å². The normalized spacial score (nSPS) is 17.8. The van der Waals surface area contributed by atoms with Gasteiger partial charge < -0.3 is 4.90 Å². The number of hydrogen-bond donors (Lipinski definition) is 0. The largest absolute Gasteiger partial charge is 0.335 e. The third-order valence-electron chi connectivity index (χ3n) is 5.39. The molecule has 1 atom stereocenters. The molecule has 1 saturated heterocycles. The Hall–Kier alpha value is -2.14. The molecule has 1 aliphatic rings.